The van der Waals surface area contributed by atoms with Crippen LogP contribution in [0.5, 0.6) is 0 Å². The van der Waals surface area contributed by atoms with Gasteiger partial charge in [-0.2, -0.15) is 0 Å². The van der Waals surface area contributed by atoms with Crippen LogP contribution in [0, 0.1) is 19.8 Å². The molecule has 2 amide bonds. The second-order valence-corrected chi connectivity index (χ2v) is 6.99. The molecule has 1 fully saturated rings. The molecule has 2 rings (SSSR count). The highest BCUT2D eigenvalue weighted by atomic mass is 16.2. The van der Waals surface area contributed by atoms with Crippen molar-refractivity contribution in [1.82, 2.24) is 5.32 Å². The van der Waals surface area contributed by atoms with Crippen molar-refractivity contribution in [1.29, 1.82) is 0 Å². The third-order valence-electron chi connectivity index (χ3n) is 3.51. The third-order valence-corrected chi connectivity index (χ3v) is 3.51. The van der Waals surface area contributed by atoms with Crippen molar-refractivity contribution in [3.8, 4) is 0 Å². The SMILES string of the molecule is Cc1cc(C)cc(N2CC(C(=O)NC(C)(C)C)CC2=O)c1. The summed E-state index contributed by atoms with van der Waals surface area (Å²) >= 11 is 0. The zero-order chi connectivity index (χ0) is 15.8. The molecule has 1 aliphatic rings. The van der Waals surface area contributed by atoms with E-state index in [9.17, 15) is 9.59 Å². The first-order valence-electron chi connectivity index (χ1n) is 7.36. The lowest BCUT2D eigenvalue weighted by molar-refractivity contribution is -0.127. The molecule has 0 spiro atoms. The van der Waals surface area contributed by atoms with Gasteiger partial charge in [0.15, 0.2) is 0 Å². The topological polar surface area (TPSA) is 49.4 Å². The van der Waals surface area contributed by atoms with Gasteiger partial charge in [-0.05, 0) is 57.9 Å². The summed E-state index contributed by atoms with van der Waals surface area (Å²) in [5, 5.41) is 2.96. The first-order chi connectivity index (χ1) is 9.65. The van der Waals surface area contributed by atoms with E-state index < -0.39 is 0 Å². The van der Waals surface area contributed by atoms with Gasteiger partial charge in [0, 0.05) is 24.2 Å². The van der Waals surface area contributed by atoms with Crippen molar-refractivity contribution < 1.29 is 9.59 Å². The maximum Gasteiger partial charge on any atom is 0.227 e. The van der Waals surface area contributed by atoms with Crippen molar-refractivity contribution >= 4 is 17.5 Å². The van der Waals surface area contributed by atoms with Gasteiger partial charge >= 0.3 is 0 Å². The van der Waals surface area contributed by atoms with Crippen LogP contribution in [0.3, 0.4) is 0 Å². The van der Waals surface area contributed by atoms with Crippen LogP contribution in [0.25, 0.3) is 0 Å². The Morgan fingerprint density at radius 2 is 1.76 bits per heavy atom. The molecule has 1 aromatic rings. The Balaban J connectivity index is 2.14. The van der Waals surface area contributed by atoms with Gasteiger partial charge in [-0.25, -0.2) is 0 Å². The van der Waals surface area contributed by atoms with Crippen LogP contribution >= 0.6 is 0 Å². The smallest absolute Gasteiger partial charge is 0.227 e. The van der Waals surface area contributed by atoms with Crippen LogP contribution in [-0.2, 0) is 9.59 Å². The quantitative estimate of drug-likeness (QED) is 0.909. The van der Waals surface area contributed by atoms with Gasteiger partial charge in [-0.1, -0.05) is 6.07 Å². The molecule has 1 aromatic carbocycles. The van der Waals surface area contributed by atoms with E-state index >= 15 is 0 Å². The fourth-order valence-electron chi connectivity index (χ4n) is 2.71. The minimum Gasteiger partial charge on any atom is -0.351 e. The zero-order valence-electron chi connectivity index (χ0n) is 13.5. The molecule has 1 aliphatic heterocycles. The molecule has 114 valence electrons. The third kappa shape index (κ3) is 3.84. The molecule has 0 aromatic heterocycles. The molecule has 1 unspecified atom stereocenters. The van der Waals surface area contributed by atoms with E-state index in [0.29, 0.717) is 6.54 Å². The molecular formula is C17H24N2O2. The number of hydrogen-bond donors (Lipinski definition) is 1. The first-order valence-corrected chi connectivity index (χ1v) is 7.36. The van der Waals surface area contributed by atoms with Crippen LogP contribution in [0.2, 0.25) is 0 Å². The summed E-state index contributed by atoms with van der Waals surface area (Å²) in [7, 11) is 0. The van der Waals surface area contributed by atoms with Gasteiger partial charge in [-0.15, -0.1) is 0 Å². The molecule has 0 radical (unpaired) electrons. The maximum atomic E-state index is 12.2. The summed E-state index contributed by atoms with van der Waals surface area (Å²) < 4.78 is 0. The van der Waals surface area contributed by atoms with Gasteiger partial charge in [-0.3, -0.25) is 9.59 Å². The van der Waals surface area contributed by atoms with Crippen LogP contribution in [0.4, 0.5) is 5.69 Å². The summed E-state index contributed by atoms with van der Waals surface area (Å²) in [6.07, 6.45) is 0.287. The lowest BCUT2D eigenvalue weighted by Crippen LogP contribution is -2.44. The molecule has 4 heteroatoms. The number of carbonyl (C=O) groups excluding carboxylic acids is 2. The largest absolute Gasteiger partial charge is 0.351 e. The van der Waals surface area contributed by atoms with Gasteiger partial charge in [0.1, 0.15) is 0 Å². The minimum absolute atomic E-state index is 0.0223. The fourth-order valence-corrected chi connectivity index (χ4v) is 2.71. The summed E-state index contributed by atoms with van der Waals surface area (Å²) in [5.41, 5.74) is 2.87. The molecule has 21 heavy (non-hydrogen) atoms. The van der Waals surface area contributed by atoms with E-state index in [4.69, 9.17) is 0 Å². The fraction of sp³-hybridized carbons (Fsp3) is 0.529. The Morgan fingerprint density at radius 1 is 1.19 bits per heavy atom. The maximum absolute atomic E-state index is 12.2. The highest BCUT2D eigenvalue weighted by Crippen LogP contribution is 2.27. The lowest BCUT2D eigenvalue weighted by atomic mass is 10.0. The summed E-state index contributed by atoms with van der Waals surface area (Å²) in [5.74, 6) is -0.283. The molecule has 1 atom stereocenters. The van der Waals surface area contributed by atoms with Gasteiger partial charge < -0.3 is 10.2 Å². The molecule has 1 saturated heterocycles. The Hall–Kier alpha value is -1.84. The monoisotopic (exact) mass is 288 g/mol. The number of anilines is 1. The van der Waals surface area contributed by atoms with Crippen LogP contribution in [0.15, 0.2) is 18.2 Å². The predicted octanol–water partition coefficient (Wildman–Crippen LogP) is 2.57. The van der Waals surface area contributed by atoms with Crippen LogP contribution in [0.1, 0.15) is 38.3 Å². The molecule has 0 aliphatic carbocycles. The molecule has 0 bridgehead atoms. The Bertz CT molecular complexity index is 552. The Kier molecular flexibility index (Phi) is 4.08. The number of amides is 2. The Morgan fingerprint density at radius 3 is 2.29 bits per heavy atom. The molecule has 0 saturated carbocycles. The van der Waals surface area contributed by atoms with Gasteiger partial charge in [0.05, 0.1) is 5.92 Å². The summed E-state index contributed by atoms with van der Waals surface area (Å²) in [4.78, 5) is 26.2. The van der Waals surface area contributed by atoms with E-state index in [1.165, 1.54) is 0 Å². The van der Waals surface area contributed by atoms with Crippen molar-refractivity contribution in [2.75, 3.05) is 11.4 Å². The second-order valence-electron chi connectivity index (χ2n) is 6.99. The van der Waals surface area contributed by atoms with Crippen LogP contribution < -0.4 is 10.2 Å². The number of benzene rings is 1. The summed E-state index contributed by atoms with van der Waals surface area (Å²) in [6.45, 7) is 10.3. The number of carbonyl (C=O) groups is 2. The normalized spacial score (nSPS) is 19.0. The predicted molar refractivity (Wildman–Crippen MR) is 84.3 cm³/mol. The highest BCUT2D eigenvalue weighted by Gasteiger charge is 2.36. The standard InChI is InChI=1S/C17H24N2O2/c1-11-6-12(2)8-14(7-11)19-10-13(9-15(19)20)16(21)18-17(3,4)5/h6-8,13H,9-10H2,1-5H3,(H,18,21). The number of aryl methyl sites for hydroxylation is 2. The first kappa shape index (κ1) is 15.5. The van der Waals surface area contributed by atoms with Crippen molar-refractivity contribution in [2.45, 2.75) is 46.6 Å². The van der Waals surface area contributed by atoms with Crippen molar-refractivity contribution in [2.24, 2.45) is 5.92 Å². The Labute approximate surface area is 126 Å². The van der Waals surface area contributed by atoms with Gasteiger partial charge in [0.2, 0.25) is 11.8 Å². The average molecular weight is 288 g/mol. The molecule has 1 N–H and O–H groups in total. The molecular weight excluding hydrogens is 264 g/mol. The highest BCUT2D eigenvalue weighted by molar-refractivity contribution is 6.00. The number of nitrogens with zero attached hydrogens (tertiary/aromatic N) is 1. The van der Waals surface area contributed by atoms with E-state index in [-0.39, 0.29) is 29.7 Å². The number of nitrogens with one attached hydrogen (secondary N) is 1. The van der Waals surface area contributed by atoms with Crippen molar-refractivity contribution in [3.63, 3.8) is 0 Å². The molecule has 1 heterocycles. The van der Waals surface area contributed by atoms with E-state index in [2.05, 4.69) is 11.4 Å². The zero-order valence-corrected chi connectivity index (χ0v) is 13.5. The second kappa shape index (κ2) is 5.51. The average Bonchev–Trinajstić information content (AvgIpc) is 2.68. The van der Waals surface area contributed by atoms with E-state index in [1.807, 2.05) is 46.8 Å². The summed E-state index contributed by atoms with van der Waals surface area (Å²) in [6, 6.07) is 6.07. The number of rotatable bonds is 2. The van der Waals surface area contributed by atoms with E-state index in [1.54, 1.807) is 4.90 Å². The lowest BCUT2D eigenvalue weighted by Gasteiger charge is -2.23. The van der Waals surface area contributed by atoms with Crippen LogP contribution in [-0.4, -0.2) is 23.9 Å². The molecule has 4 nitrogen and oxygen atoms in total. The van der Waals surface area contributed by atoms with E-state index in [0.717, 1.165) is 16.8 Å². The van der Waals surface area contributed by atoms with Crippen molar-refractivity contribution in [3.05, 3.63) is 29.3 Å². The number of hydrogen-bond acceptors (Lipinski definition) is 2. The minimum atomic E-state index is -0.270. The van der Waals surface area contributed by atoms with Gasteiger partial charge in [0.25, 0.3) is 0 Å².